The molecule has 0 radical (unpaired) electrons. The number of rotatable bonds is 9. The third-order valence-corrected chi connectivity index (χ3v) is 6.17. The topological polar surface area (TPSA) is 114 Å². The van der Waals surface area contributed by atoms with Crippen molar-refractivity contribution < 1.29 is 17.9 Å². The molecule has 0 aliphatic heterocycles. The Morgan fingerprint density at radius 1 is 1.06 bits per heavy atom. The van der Waals surface area contributed by atoms with Crippen molar-refractivity contribution in [1.29, 1.82) is 0 Å². The van der Waals surface area contributed by atoms with Crippen molar-refractivity contribution in [3.63, 3.8) is 0 Å². The summed E-state index contributed by atoms with van der Waals surface area (Å²) in [7, 11) is -4.14. The lowest BCUT2D eigenvalue weighted by Gasteiger charge is -2.23. The van der Waals surface area contributed by atoms with Gasteiger partial charge < -0.3 is 9.64 Å². The van der Waals surface area contributed by atoms with Crippen molar-refractivity contribution in [3.05, 3.63) is 59.9 Å². The van der Waals surface area contributed by atoms with Crippen LogP contribution >= 0.6 is 0 Å². The van der Waals surface area contributed by atoms with E-state index in [9.17, 15) is 13.2 Å². The van der Waals surface area contributed by atoms with Crippen molar-refractivity contribution in [3.8, 4) is 17.1 Å². The molecule has 34 heavy (non-hydrogen) atoms. The molecule has 0 aromatic carbocycles. The first kappa shape index (κ1) is 25.1. The highest BCUT2D eigenvalue weighted by Crippen LogP contribution is 2.26. The monoisotopic (exact) mass is 483 g/mol. The Balaban J connectivity index is 1.96. The number of pyridine rings is 3. The zero-order valence-electron chi connectivity index (χ0n) is 19.9. The van der Waals surface area contributed by atoms with E-state index in [0.29, 0.717) is 36.2 Å². The van der Waals surface area contributed by atoms with Crippen molar-refractivity contribution in [1.82, 2.24) is 19.7 Å². The molecule has 180 valence electrons. The Labute approximate surface area is 200 Å². The normalized spacial score (nSPS) is 11.4. The van der Waals surface area contributed by atoms with Crippen LogP contribution in [0.5, 0.6) is 5.88 Å². The Morgan fingerprint density at radius 3 is 2.38 bits per heavy atom. The minimum Gasteiger partial charge on any atom is -0.475 e. The number of carbonyl (C=O) groups is 1. The molecule has 3 aromatic heterocycles. The maximum absolute atomic E-state index is 13.1. The largest absolute Gasteiger partial charge is 0.475 e. The molecule has 3 heterocycles. The quantitative estimate of drug-likeness (QED) is 0.491. The van der Waals surface area contributed by atoms with Gasteiger partial charge in [0.1, 0.15) is 5.82 Å². The lowest BCUT2D eigenvalue weighted by Crippen LogP contribution is -2.34. The van der Waals surface area contributed by atoms with Gasteiger partial charge in [-0.3, -0.25) is 4.79 Å². The minimum atomic E-state index is -4.14. The lowest BCUT2D eigenvalue weighted by molar-refractivity contribution is 0.0981. The number of nitrogens with zero attached hydrogens (tertiary/aromatic N) is 4. The zero-order chi connectivity index (χ0) is 24.9. The Kier molecular flexibility index (Phi) is 7.83. The lowest BCUT2D eigenvalue weighted by atomic mass is 10.1. The predicted octanol–water partition coefficient (Wildman–Crippen LogP) is 3.60. The number of sulfonamides is 1. The third-order valence-electron chi connectivity index (χ3n) is 4.94. The summed E-state index contributed by atoms with van der Waals surface area (Å²) in [4.78, 5) is 28.0. The number of aromatic nitrogens is 3. The SMILES string of the molecule is CCN(CC)c1nc(-c2ccc(OC(C)C)nc2)ccc1C(=O)NS(=O)(=O)c1cccc(C)n1. The molecule has 0 saturated carbocycles. The van der Waals surface area contributed by atoms with Crippen LogP contribution < -0.4 is 14.4 Å². The van der Waals surface area contributed by atoms with E-state index >= 15 is 0 Å². The number of amides is 1. The van der Waals surface area contributed by atoms with E-state index < -0.39 is 15.9 Å². The molecule has 1 N–H and O–H groups in total. The number of hydrogen-bond acceptors (Lipinski definition) is 8. The van der Waals surface area contributed by atoms with E-state index in [-0.39, 0.29) is 16.7 Å². The van der Waals surface area contributed by atoms with Gasteiger partial charge in [-0.25, -0.2) is 19.7 Å². The van der Waals surface area contributed by atoms with Crippen LogP contribution in [0.15, 0.2) is 53.7 Å². The first-order valence-electron chi connectivity index (χ1n) is 11.0. The minimum absolute atomic E-state index is 0.00909. The first-order chi connectivity index (χ1) is 16.1. The summed E-state index contributed by atoms with van der Waals surface area (Å²) in [5, 5.41) is -0.218. The summed E-state index contributed by atoms with van der Waals surface area (Å²) in [5.41, 5.74) is 2.03. The van der Waals surface area contributed by atoms with Gasteiger partial charge >= 0.3 is 0 Å². The van der Waals surface area contributed by atoms with E-state index in [2.05, 4.69) is 19.7 Å². The molecule has 0 atom stereocenters. The van der Waals surface area contributed by atoms with Crippen LogP contribution in [0.25, 0.3) is 11.3 Å². The average molecular weight is 484 g/mol. The third kappa shape index (κ3) is 5.88. The van der Waals surface area contributed by atoms with Crippen LogP contribution in [-0.2, 0) is 10.0 Å². The van der Waals surface area contributed by atoms with Crippen molar-refractivity contribution in [2.45, 2.75) is 45.7 Å². The second-order valence-electron chi connectivity index (χ2n) is 7.84. The fourth-order valence-electron chi connectivity index (χ4n) is 3.29. The highest BCUT2D eigenvalue weighted by atomic mass is 32.2. The van der Waals surface area contributed by atoms with Gasteiger partial charge in [0.05, 0.1) is 17.4 Å². The summed E-state index contributed by atoms with van der Waals surface area (Å²) < 4.78 is 33.2. The summed E-state index contributed by atoms with van der Waals surface area (Å²) in [5.74, 6) is 0.117. The first-order valence-corrected chi connectivity index (χ1v) is 12.5. The molecule has 3 aromatic rings. The van der Waals surface area contributed by atoms with Crippen LogP contribution in [0, 0.1) is 6.92 Å². The van der Waals surface area contributed by atoms with Crippen LogP contribution in [0.4, 0.5) is 5.82 Å². The standard InChI is InChI=1S/C24H29N5O4S/c1-6-29(7-2)23-19(24(30)28-34(31,32)22-10-8-9-17(5)26-22)12-13-20(27-23)18-11-14-21(25-15-18)33-16(3)4/h8-16H,6-7H2,1-5H3,(H,28,30). The summed E-state index contributed by atoms with van der Waals surface area (Å²) in [6.45, 7) is 10.6. The Hall–Kier alpha value is -3.53. The van der Waals surface area contributed by atoms with Crippen LogP contribution in [0.2, 0.25) is 0 Å². The molecule has 0 fully saturated rings. The molecule has 1 amide bonds. The number of nitrogens with one attached hydrogen (secondary N) is 1. The van der Waals surface area contributed by atoms with E-state index in [1.54, 1.807) is 43.5 Å². The maximum atomic E-state index is 13.1. The molecule has 0 saturated heterocycles. The highest BCUT2D eigenvalue weighted by molar-refractivity contribution is 7.90. The second kappa shape index (κ2) is 10.6. The van der Waals surface area contributed by atoms with Crippen LogP contribution in [0.1, 0.15) is 43.7 Å². The van der Waals surface area contributed by atoms with Gasteiger partial charge in [0.2, 0.25) is 5.88 Å². The number of anilines is 1. The number of aryl methyl sites for hydroxylation is 1. The molecule has 0 bridgehead atoms. The Bertz CT molecular complexity index is 1260. The number of carbonyl (C=O) groups excluding carboxylic acids is 1. The van der Waals surface area contributed by atoms with Crippen molar-refractivity contribution in [2.24, 2.45) is 0 Å². The molecular formula is C24H29N5O4S. The summed E-state index contributed by atoms with van der Waals surface area (Å²) in [6, 6.07) is 11.4. The van der Waals surface area contributed by atoms with Crippen LogP contribution in [-0.4, -0.2) is 48.5 Å². The number of hydrogen-bond donors (Lipinski definition) is 1. The number of ether oxygens (including phenoxy) is 1. The van der Waals surface area contributed by atoms with Gasteiger partial charge in [-0.15, -0.1) is 0 Å². The molecular weight excluding hydrogens is 454 g/mol. The molecule has 0 aliphatic carbocycles. The van der Waals surface area contributed by atoms with E-state index in [1.807, 2.05) is 38.7 Å². The summed E-state index contributed by atoms with van der Waals surface area (Å²) in [6.07, 6.45) is 1.66. The fourth-order valence-corrected chi connectivity index (χ4v) is 4.27. The van der Waals surface area contributed by atoms with Gasteiger partial charge in [0, 0.05) is 36.6 Å². The smallest absolute Gasteiger partial charge is 0.281 e. The highest BCUT2D eigenvalue weighted by Gasteiger charge is 2.24. The predicted molar refractivity (Wildman–Crippen MR) is 130 cm³/mol. The zero-order valence-corrected chi connectivity index (χ0v) is 20.8. The molecule has 0 unspecified atom stereocenters. The van der Waals surface area contributed by atoms with Gasteiger partial charge in [0.15, 0.2) is 5.03 Å². The van der Waals surface area contributed by atoms with Gasteiger partial charge in [-0.05, 0) is 65.0 Å². The van der Waals surface area contributed by atoms with Crippen LogP contribution in [0.3, 0.4) is 0 Å². The van der Waals surface area contributed by atoms with E-state index in [4.69, 9.17) is 4.74 Å². The van der Waals surface area contributed by atoms with Gasteiger partial charge in [-0.2, -0.15) is 8.42 Å². The molecule has 9 nitrogen and oxygen atoms in total. The molecule has 0 spiro atoms. The fraction of sp³-hybridized carbons (Fsp3) is 0.333. The average Bonchev–Trinajstić information content (AvgIpc) is 2.79. The van der Waals surface area contributed by atoms with Crippen molar-refractivity contribution in [2.75, 3.05) is 18.0 Å². The van der Waals surface area contributed by atoms with Gasteiger partial charge in [0.25, 0.3) is 15.9 Å². The van der Waals surface area contributed by atoms with E-state index in [1.165, 1.54) is 6.07 Å². The maximum Gasteiger partial charge on any atom is 0.281 e. The molecule has 10 heteroatoms. The van der Waals surface area contributed by atoms with Gasteiger partial charge in [-0.1, -0.05) is 6.07 Å². The summed E-state index contributed by atoms with van der Waals surface area (Å²) >= 11 is 0. The molecule has 0 aliphatic rings. The second-order valence-corrected chi connectivity index (χ2v) is 9.47. The molecule has 3 rings (SSSR count). The van der Waals surface area contributed by atoms with Crippen molar-refractivity contribution >= 4 is 21.7 Å². The Morgan fingerprint density at radius 2 is 1.79 bits per heavy atom. The van der Waals surface area contributed by atoms with E-state index in [0.717, 1.165) is 5.56 Å².